The molecule has 3 heterocycles. The van der Waals surface area contributed by atoms with E-state index in [9.17, 15) is 0 Å². The maximum atomic E-state index is 2.82. The van der Waals surface area contributed by atoms with Gasteiger partial charge in [0.2, 0.25) is 0 Å². The normalized spacial score (nSPS) is 17.8. The summed E-state index contributed by atoms with van der Waals surface area (Å²) in [4.78, 5) is 5.58. The van der Waals surface area contributed by atoms with Crippen molar-refractivity contribution in [1.82, 2.24) is 0 Å². The first-order chi connectivity index (χ1) is 35.1. The van der Waals surface area contributed by atoms with Crippen LogP contribution in [0.25, 0.3) is 43.5 Å². The number of fused-ring (bicyclic) bond motifs is 8. The molecule has 0 fully saturated rings. The molecule has 4 heteroatoms. The predicted octanol–water partition coefficient (Wildman–Crippen LogP) is 19.2. The zero-order valence-corrected chi connectivity index (χ0v) is 49.1. The van der Waals surface area contributed by atoms with Crippen LogP contribution in [0.2, 0.25) is 0 Å². The highest BCUT2D eigenvalue weighted by atomic mass is 32.1. The van der Waals surface area contributed by atoms with Crippen molar-refractivity contribution in [3.8, 4) is 33.4 Å². The molecule has 0 unspecified atom stereocenters. The van der Waals surface area contributed by atoms with Gasteiger partial charge in [-0.05, 0) is 206 Å². The summed E-state index contributed by atoms with van der Waals surface area (Å²) < 4.78 is 2.79. The summed E-state index contributed by atoms with van der Waals surface area (Å²) >= 11 is 2.05. The molecule has 1 aromatic heterocycles. The molecule has 0 spiro atoms. The van der Waals surface area contributed by atoms with Crippen molar-refractivity contribution in [1.29, 1.82) is 0 Å². The molecular weight excluding hydrogens is 924 g/mol. The van der Waals surface area contributed by atoms with Crippen molar-refractivity contribution < 1.29 is 0 Å². The zero-order chi connectivity index (χ0) is 53.3. The van der Waals surface area contributed by atoms with Crippen molar-refractivity contribution in [3.05, 3.63) is 171 Å². The molecule has 2 nitrogen and oxygen atoms in total. The zero-order valence-electron chi connectivity index (χ0n) is 48.3. The van der Waals surface area contributed by atoms with Gasteiger partial charge in [0.25, 0.3) is 0 Å². The van der Waals surface area contributed by atoms with Gasteiger partial charge in [-0.15, -0.1) is 11.3 Å². The molecule has 0 atom stereocenters. The van der Waals surface area contributed by atoms with Crippen LogP contribution < -0.4 is 20.0 Å². The topological polar surface area (TPSA) is 6.48 Å². The van der Waals surface area contributed by atoms with Crippen LogP contribution in [-0.2, 0) is 32.5 Å². The molecule has 4 aliphatic rings. The van der Waals surface area contributed by atoms with E-state index in [1.54, 1.807) is 0 Å². The van der Waals surface area contributed by atoms with Gasteiger partial charge in [0, 0.05) is 43.1 Å². The van der Waals surface area contributed by atoms with E-state index in [2.05, 4.69) is 260 Å². The molecule has 0 radical (unpaired) electrons. The third kappa shape index (κ3) is 7.83. The molecule has 382 valence electrons. The fourth-order valence-electron chi connectivity index (χ4n) is 14.1. The quantitative estimate of drug-likeness (QED) is 0.162. The highest BCUT2D eigenvalue weighted by Gasteiger charge is 2.49. The molecule has 12 rings (SSSR count). The van der Waals surface area contributed by atoms with E-state index in [0.29, 0.717) is 0 Å². The minimum Gasteiger partial charge on any atom is -0.376 e. The number of rotatable bonds is 4. The van der Waals surface area contributed by atoms with E-state index in [-0.39, 0.29) is 39.3 Å². The van der Waals surface area contributed by atoms with Gasteiger partial charge in [-0.2, -0.15) is 0 Å². The number of thiophene rings is 1. The minimum atomic E-state index is -0.0968. The van der Waals surface area contributed by atoms with Gasteiger partial charge in [-0.1, -0.05) is 169 Å². The molecule has 8 aromatic rings. The van der Waals surface area contributed by atoms with Crippen molar-refractivity contribution in [2.45, 2.75) is 176 Å². The maximum absolute atomic E-state index is 2.82. The average molecular weight is 1000 g/mol. The Morgan fingerprint density at radius 3 is 1.68 bits per heavy atom. The van der Waals surface area contributed by atoms with Crippen LogP contribution in [0.1, 0.15) is 173 Å². The number of benzene rings is 7. The Balaban J connectivity index is 1.28. The van der Waals surface area contributed by atoms with Crippen LogP contribution in [0.3, 0.4) is 0 Å². The van der Waals surface area contributed by atoms with E-state index in [0.717, 1.165) is 0 Å². The van der Waals surface area contributed by atoms with E-state index >= 15 is 0 Å². The number of hydrogen-bond donors (Lipinski definition) is 0. The van der Waals surface area contributed by atoms with Crippen molar-refractivity contribution in [2.24, 2.45) is 0 Å². The maximum Gasteiger partial charge on any atom is 0.343 e. The number of hydrogen-bond acceptors (Lipinski definition) is 3. The molecule has 75 heavy (non-hydrogen) atoms. The largest absolute Gasteiger partial charge is 0.376 e. The summed E-state index contributed by atoms with van der Waals surface area (Å²) in [5.41, 5.74) is 28.3. The van der Waals surface area contributed by atoms with Gasteiger partial charge in [0.1, 0.15) is 0 Å². The summed E-state index contributed by atoms with van der Waals surface area (Å²) in [5.74, 6) is 0. The third-order valence-corrected chi connectivity index (χ3v) is 19.9. The van der Waals surface area contributed by atoms with Gasteiger partial charge in [-0.25, -0.2) is 0 Å². The first kappa shape index (κ1) is 50.0. The SMILES string of the molecule is Cc1cc(C)c(-c2cc3c4c(c2)N(c2ccc(C(C)(C)C)cc2-c2ccccc2)c2c(sc5cc6c(cc25)C(C)(C)CCC6(C)C)B4N(c2ccc4c(c2)C(C)(C)CCC4(C)C)c2cc(C(C)(C)C)ccc2-3)c(C)c1. The summed E-state index contributed by atoms with van der Waals surface area (Å²) in [7, 11) is 0. The van der Waals surface area contributed by atoms with Gasteiger partial charge in [0.15, 0.2) is 0 Å². The lowest BCUT2D eigenvalue weighted by Crippen LogP contribution is -2.60. The third-order valence-electron chi connectivity index (χ3n) is 18.7. The lowest BCUT2D eigenvalue weighted by Gasteiger charge is -2.47. The summed E-state index contributed by atoms with van der Waals surface area (Å²) in [6.45, 7) is 40.8. The van der Waals surface area contributed by atoms with Gasteiger partial charge >= 0.3 is 6.85 Å². The second-order valence-electron chi connectivity index (χ2n) is 28.1. The summed E-state index contributed by atoms with van der Waals surface area (Å²) in [6.07, 6.45) is 4.71. The molecule has 7 aromatic carbocycles. The van der Waals surface area contributed by atoms with Crippen molar-refractivity contribution in [2.75, 3.05) is 9.71 Å². The summed E-state index contributed by atoms with van der Waals surface area (Å²) in [6, 6.07) is 49.0. The van der Waals surface area contributed by atoms with Gasteiger partial charge in [-0.3, -0.25) is 0 Å². The Morgan fingerprint density at radius 1 is 0.480 bits per heavy atom. The fraction of sp³-hybridized carbons (Fsp3) is 0.380. The van der Waals surface area contributed by atoms with E-state index < -0.39 is 0 Å². The molecule has 2 aliphatic heterocycles. The Bertz CT molecular complexity index is 3650. The molecule has 0 N–H and O–H groups in total. The molecular formula is C71H79BN2S. The van der Waals surface area contributed by atoms with E-state index in [1.165, 1.54) is 158 Å². The standard InChI is InChI=1S/C71H79BN2S/c1-42-33-43(2)62(44(3)34-42)46-35-52-50-26-23-48(67(7,8)9)38-59(50)74(49-25-27-54-55(39-49)69(12,13)30-29-68(54,10)11)72-63(52)60(36-46)73(58-28-24-47(66(4,5)6)37-51(58)45-21-19-18-20-22-45)64-53-40-56-57(41-61(53)75-65(64)72)71(16,17)32-31-70(56,14)15/h18-28,33-41H,29-32H2,1-17H3. The highest BCUT2D eigenvalue weighted by molar-refractivity contribution is 7.32. The van der Waals surface area contributed by atoms with Crippen LogP contribution >= 0.6 is 11.3 Å². The second-order valence-corrected chi connectivity index (χ2v) is 29.2. The Morgan fingerprint density at radius 2 is 1.05 bits per heavy atom. The Kier molecular flexibility index (Phi) is 11.1. The number of nitrogens with zero attached hydrogens (tertiary/aromatic N) is 2. The first-order valence-electron chi connectivity index (χ1n) is 28.1. The average Bonchev–Trinajstić information content (AvgIpc) is 3.72. The molecule has 0 bridgehead atoms. The Labute approximate surface area is 454 Å². The van der Waals surface area contributed by atoms with Crippen LogP contribution in [0.15, 0.2) is 121 Å². The molecule has 0 saturated heterocycles. The molecule has 2 aliphatic carbocycles. The lowest BCUT2D eigenvalue weighted by atomic mass is 9.46. The van der Waals surface area contributed by atoms with Crippen LogP contribution in [0.4, 0.5) is 28.4 Å². The van der Waals surface area contributed by atoms with Gasteiger partial charge in [0.05, 0.1) is 11.4 Å². The minimum absolute atomic E-state index is 0.0402. The van der Waals surface area contributed by atoms with E-state index in [1.807, 2.05) is 0 Å². The monoisotopic (exact) mass is 1000 g/mol. The van der Waals surface area contributed by atoms with Crippen molar-refractivity contribution in [3.63, 3.8) is 0 Å². The lowest BCUT2D eigenvalue weighted by molar-refractivity contribution is 0.332. The highest BCUT2D eigenvalue weighted by Crippen LogP contribution is 2.57. The van der Waals surface area contributed by atoms with Gasteiger partial charge < -0.3 is 9.71 Å². The van der Waals surface area contributed by atoms with Crippen molar-refractivity contribution >= 4 is 66.9 Å². The fourth-order valence-corrected chi connectivity index (χ4v) is 15.4. The Hall–Kier alpha value is -5.84. The number of anilines is 5. The molecule has 0 amide bonds. The summed E-state index contributed by atoms with van der Waals surface area (Å²) in [5, 5.41) is 1.36. The van der Waals surface area contributed by atoms with Crippen LogP contribution in [0, 0.1) is 20.8 Å². The first-order valence-corrected chi connectivity index (χ1v) is 28.9. The van der Waals surface area contributed by atoms with E-state index in [4.69, 9.17) is 0 Å². The smallest absolute Gasteiger partial charge is 0.343 e. The predicted molar refractivity (Wildman–Crippen MR) is 329 cm³/mol. The number of aryl methyl sites for hydroxylation is 3. The van der Waals surface area contributed by atoms with Crippen LogP contribution in [-0.4, -0.2) is 6.85 Å². The van der Waals surface area contributed by atoms with Crippen LogP contribution in [0.5, 0.6) is 0 Å². The second kappa shape index (κ2) is 16.6. The molecule has 0 saturated carbocycles.